The van der Waals surface area contributed by atoms with Gasteiger partial charge in [-0.3, -0.25) is 9.59 Å². The summed E-state index contributed by atoms with van der Waals surface area (Å²) in [6.45, 7) is 2.02. The number of amides is 2. The van der Waals surface area contributed by atoms with E-state index in [1.807, 2.05) is 6.92 Å². The van der Waals surface area contributed by atoms with Gasteiger partial charge in [0.2, 0.25) is 11.8 Å². The van der Waals surface area contributed by atoms with Crippen molar-refractivity contribution in [1.29, 1.82) is 5.26 Å². The second kappa shape index (κ2) is 8.59. The van der Waals surface area contributed by atoms with Crippen LogP contribution in [0.5, 0.6) is 5.75 Å². The van der Waals surface area contributed by atoms with Crippen molar-refractivity contribution >= 4 is 23.2 Å². The molecule has 0 heterocycles. The lowest BCUT2D eigenvalue weighted by Crippen LogP contribution is -2.13. The molecule has 0 saturated carbocycles. The van der Waals surface area contributed by atoms with E-state index < -0.39 is 0 Å². The van der Waals surface area contributed by atoms with Gasteiger partial charge in [-0.05, 0) is 18.6 Å². The molecule has 0 aliphatic carbocycles. The highest BCUT2D eigenvalue weighted by Gasteiger charge is 2.09. The third kappa shape index (κ3) is 5.53. The lowest BCUT2D eigenvalue weighted by molar-refractivity contribution is -0.116. The number of carbonyl (C=O) groups excluding carboxylic acids is 2. The number of nitrogens with one attached hydrogen (secondary N) is 2. The van der Waals surface area contributed by atoms with Crippen LogP contribution in [0.15, 0.2) is 18.2 Å². The van der Waals surface area contributed by atoms with Crippen molar-refractivity contribution < 1.29 is 14.3 Å². The van der Waals surface area contributed by atoms with Crippen LogP contribution in [-0.2, 0) is 9.59 Å². The zero-order valence-electron chi connectivity index (χ0n) is 12.2. The van der Waals surface area contributed by atoms with Crippen LogP contribution in [0.25, 0.3) is 0 Å². The van der Waals surface area contributed by atoms with Gasteiger partial charge in [0.1, 0.15) is 12.2 Å². The summed E-state index contributed by atoms with van der Waals surface area (Å²) in [6, 6.07) is 6.68. The first-order valence-corrected chi connectivity index (χ1v) is 6.75. The summed E-state index contributed by atoms with van der Waals surface area (Å²) in [4.78, 5) is 23.1. The molecule has 0 bridgehead atoms. The van der Waals surface area contributed by atoms with Gasteiger partial charge in [0, 0.05) is 18.2 Å². The average molecular weight is 289 g/mol. The van der Waals surface area contributed by atoms with E-state index in [2.05, 4.69) is 10.6 Å². The zero-order chi connectivity index (χ0) is 15.7. The van der Waals surface area contributed by atoms with Gasteiger partial charge >= 0.3 is 0 Å². The molecule has 1 rings (SSSR count). The highest BCUT2D eigenvalue weighted by molar-refractivity contribution is 5.95. The van der Waals surface area contributed by atoms with Crippen molar-refractivity contribution in [3.8, 4) is 11.8 Å². The fourth-order valence-corrected chi connectivity index (χ4v) is 1.70. The van der Waals surface area contributed by atoms with Gasteiger partial charge in [-0.1, -0.05) is 13.3 Å². The summed E-state index contributed by atoms with van der Waals surface area (Å²) in [6.07, 6.45) is 2.03. The number of rotatable bonds is 7. The molecule has 0 spiro atoms. The number of nitrogens with zero attached hydrogens (tertiary/aromatic N) is 1. The Labute approximate surface area is 124 Å². The number of benzene rings is 1. The second-order valence-corrected chi connectivity index (χ2v) is 4.45. The molecule has 0 aliphatic rings. The maximum Gasteiger partial charge on any atom is 0.238 e. The van der Waals surface area contributed by atoms with Crippen molar-refractivity contribution in [2.45, 2.75) is 32.6 Å². The molecule has 0 unspecified atom stereocenters. The predicted molar refractivity (Wildman–Crippen MR) is 80.0 cm³/mol. The van der Waals surface area contributed by atoms with Crippen LogP contribution in [-0.4, -0.2) is 18.9 Å². The highest BCUT2D eigenvalue weighted by atomic mass is 16.5. The first kappa shape index (κ1) is 16.5. The Bertz CT molecular complexity index is 550. The molecule has 6 heteroatoms. The molecular weight excluding hydrogens is 270 g/mol. The van der Waals surface area contributed by atoms with E-state index in [0.29, 0.717) is 23.5 Å². The Balaban J connectivity index is 2.77. The minimum absolute atomic E-state index is 0.0728. The van der Waals surface area contributed by atoms with Crippen LogP contribution < -0.4 is 15.4 Å². The minimum atomic E-state index is -0.390. The molecule has 2 amide bonds. The number of unbranched alkanes of at least 4 members (excludes halogenated alkanes) is 1. The Kier molecular flexibility index (Phi) is 6.75. The van der Waals surface area contributed by atoms with E-state index in [1.165, 1.54) is 7.11 Å². The van der Waals surface area contributed by atoms with Crippen molar-refractivity contribution in [1.82, 2.24) is 0 Å². The zero-order valence-corrected chi connectivity index (χ0v) is 12.2. The first-order valence-electron chi connectivity index (χ1n) is 6.75. The number of methoxy groups -OCH3 is 1. The Morgan fingerprint density at radius 1 is 1.29 bits per heavy atom. The molecule has 2 N–H and O–H groups in total. The van der Waals surface area contributed by atoms with Crippen molar-refractivity contribution in [3.63, 3.8) is 0 Å². The van der Waals surface area contributed by atoms with Crippen LogP contribution in [0.4, 0.5) is 11.4 Å². The quantitative estimate of drug-likeness (QED) is 0.807. The lowest BCUT2D eigenvalue weighted by Gasteiger charge is -2.12. The van der Waals surface area contributed by atoms with E-state index in [9.17, 15) is 9.59 Å². The average Bonchev–Trinajstić information content (AvgIpc) is 2.46. The van der Waals surface area contributed by atoms with Crippen LogP contribution in [0.3, 0.4) is 0 Å². The van der Waals surface area contributed by atoms with Gasteiger partial charge < -0.3 is 15.4 Å². The SMILES string of the molecule is CCCCC(=O)Nc1ccc(NC(=O)CC#N)cc1OC. The Morgan fingerprint density at radius 3 is 2.67 bits per heavy atom. The van der Waals surface area contributed by atoms with E-state index in [-0.39, 0.29) is 18.2 Å². The van der Waals surface area contributed by atoms with Gasteiger partial charge in [-0.2, -0.15) is 5.26 Å². The second-order valence-electron chi connectivity index (χ2n) is 4.45. The number of ether oxygens (including phenoxy) is 1. The van der Waals surface area contributed by atoms with Gasteiger partial charge in [0.25, 0.3) is 0 Å². The van der Waals surface area contributed by atoms with Crippen molar-refractivity contribution in [2.24, 2.45) is 0 Å². The molecule has 0 fully saturated rings. The fourth-order valence-electron chi connectivity index (χ4n) is 1.70. The smallest absolute Gasteiger partial charge is 0.238 e. The third-order valence-corrected chi connectivity index (χ3v) is 2.76. The van der Waals surface area contributed by atoms with E-state index in [4.69, 9.17) is 10.00 Å². The van der Waals surface area contributed by atoms with Crippen LogP contribution in [0.1, 0.15) is 32.6 Å². The fraction of sp³-hybridized carbons (Fsp3) is 0.400. The largest absolute Gasteiger partial charge is 0.494 e. The first-order chi connectivity index (χ1) is 10.1. The van der Waals surface area contributed by atoms with Gasteiger partial charge in [-0.15, -0.1) is 0 Å². The molecule has 0 atom stereocenters. The molecular formula is C15H19N3O3. The standard InChI is InChI=1S/C15H19N3O3/c1-3-4-5-14(19)18-12-7-6-11(10-13(12)21-2)17-15(20)8-9-16/h6-7,10H,3-5,8H2,1-2H3,(H,17,20)(H,18,19). The topological polar surface area (TPSA) is 91.2 Å². The van der Waals surface area contributed by atoms with Crippen molar-refractivity contribution in [3.05, 3.63) is 18.2 Å². The van der Waals surface area contributed by atoms with Crippen LogP contribution >= 0.6 is 0 Å². The maximum atomic E-state index is 11.7. The molecule has 1 aromatic carbocycles. The molecule has 112 valence electrons. The minimum Gasteiger partial charge on any atom is -0.494 e. The number of carbonyl (C=O) groups is 2. The van der Waals surface area contributed by atoms with Gasteiger partial charge in [-0.25, -0.2) is 0 Å². The molecule has 0 radical (unpaired) electrons. The molecule has 21 heavy (non-hydrogen) atoms. The summed E-state index contributed by atoms with van der Waals surface area (Å²) in [7, 11) is 1.48. The van der Waals surface area contributed by atoms with E-state index in [1.54, 1.807) is 24.3 Å². The number of hydrogen-bond acceptors (Lipinski definition) is 4. The van der Waals surface area contributed by atoms with Crippen LogP contribution in [0.2, 0.25) is 0 Å². The van der Waals surface area contributed by atoms with Crippen molar-refractivity contribution in [2.75, 3.05) is 17.7 Å². The molecule has 0 aliphatic heterocycles. The molecule has 1 aromatic rings. The summed E-state index contributed by atoms with van der Waals surface area (Å²) < 4.78 is 5.20. The van der Waals surface area contributed by atoms with E-state index >= 15 is 0 Å². The van der Waals surface area contributed by atoms with E-state index in [0.717, 1.165) is 12.8 Å². The predicted octanol–water partition coefficient (Wildman–Crippen LogP) is 2.68. The summed E-state index contributed by atoms with van der Waals surface area (Å²) in [5.41, 5.74) is 1.07. The third-order valence-electron chi connectivity index (χ3n) is 2.76. The molecule has 6 nitrogen and oxygen atoms in total. The maximum absolute atomic E-state index is 11.7. The molecule has 0 saturated heterocycles. The molecule has 0 aromatic heterocycles. The van der Waals surface area contributed by atoms with Gasteiger partial charge in [0.15, 0.2) is 0 Å². The Morgan fingerprint density at radius 2 is 2.05 bits per heavy atom. The van der Waals surface area contributed by atoms with Gasteiger partial charge in [0.05, 0.1) is 18.9 Å². The normalized spacial score (nSPS) is 9.57. The monoisotopic (exact) mass is 289 g/mol. The summed E-state index contributed by atoms with van der Waals surface area (Å²) in [5.74, 6) is -0.00898. The highest BCUT2D eigenvalue weighted by Crippen LogP contribution is 2.28. The Hall–Kier alpha value is -2.55. The number of anilines is 2. The number of hydrogen-bond donors (Lipinski definition) is 2. The van der Waals surface area contributed by atoms with Crippen LogP contribution in [0, 0.1) is 11.3 Å². The summed E-state index contributed by atoms with van der Waals surface area (Å²) >= 11 is 0. The summed E-state index contributed by atoms with van der Waals surface area (Å²) in [5, 5.41) is 13.8. The lowest BCUT2D eigenvalue weighted by atomic mass is 10.2. The number of nitriles is 1.